The fourth-order valence-corrected chi connectivity index (χ4v) is 4.01. The van der Waals surface area contributed by atoms with Crippen molar-refractivity contribution < 1.29 is 22.7 Å². The van der Waals surface area contributed by atoms with Crippen LogP contribution < -0.4 is 10.0 Å². The number of hydrogen-bond acceptors (Lipinski definition) is 5. The van der Waals surface area contributed by atoms with E-state index in [4.69, 9.17) is 4.74 Å². The van der Waals surface area contributed by atoms with Gasteiger partial charge in [-0.15, -0.1) is 0 Å². The SMILES string of the molecule is Cc1ccc(NC(=O)[C@H](C)OC(=O)CNS(=O)(=O)c2cc(C)ccc2C)c(C)c1. The highest BCUT2D eigenvalue weighted by molar-refractivity contribution is 7.89. The van der Waals surface area contributed by atoms with E-state index in [0.29, 0.717) is 11.3 Å². The predicted molar refractivity (Wildman–Crippen MR) is 111 cm³/mol. The second-order valence-corrected chi connectivity index (χ2v) is 8.77. The minimum absolute atomic E-state index is 0.103. The number of hydrogen-bond donors (Lipinski definition) is 2. The zero-order valence-electron chi connectivity index (χ0n) is 17.2. The Morgan fingerprint density at radius 3 is 2.24 bits per heavy atom. The maximum Gasteiger partial charge on any atom is 0.321 e. The molecule has 2 rings (SSSR count). The molecule has 29 heavy (non-hydrogen) atoms. The highest BCUT2D eigenvalue weighted by atomic mass is 32.2. The largest absolute Gasteiger partial charge is 0.452 e. The standard InChI is InChI=1S/C21H26N2O5S/c1-13-7-9-18(16(4)10-13)23-21(25)17(5)28-20(24)12-22-29(26,27)19-11-14(2)6-8-15(19)3/h6-11,17,22H,12H2,1-5H3,(H,23,25)/t17-/m0/s1. The number of amides is 1. The first-order valence-corrected chi connectivity index (χ1v) is 10.6. The molecule has 0 aromatic heterocycles. The number of anilines is 1. The van der Waals surface area contributed by atoms with Gasteiger partial charge < -0.3 is 10.1 Å². The van der Waals surface area contributed by atoms with Gasteiger partial charge in [-0.05, 0) is 63.4 Å². The van der Waals surface area contributed by atoms with Gasteiger partial charge in [0.05, 0.1) is 4.90 Å². The summed E-state index contributed by atoms with van der Waals surface area (Å²) >= 11 is 0. The number of esters is 1. The lowest BCUT2D eigenvalue weighted by Gasteiger charge is -2.15. The Labute approximate surface area is 171 Å². The van der Waals surface area contributed by atoms with Crippen LogP contribution >= 0.6 is 0 Å². The van der Waals surface area contributed by atoms with Gasteiger partial charge in [-0.3, -0.25) is 9.59 Å². The molecule has 0 aliphatic carbocycles. The van der Waals surface area contributed by atoms with Crippen LogP contribution in [0.1, 0.15) is 29.2 Å². The lowest BCUT2D eigenvalue weighted by atomic mass is 10.1. The zero-order chi connectivity index (χ0) is 21.8. The van der Waals surface area contributed by atoms with Crippen molar-refractivity contribution in [3.8, 4) is 0 Å². The second-order valence-electron chi connectivity index (χ2n) is 7.03. The van der Waals surface area contributed by atoms with Crippen molar-refractivity contribution in [3.05, 3.63) is 58.7 Å². The van der Waals surface area contributed by atoms with Crippen molar-refractivity contribution in [2.24, 2.45) is 0 Å². The number of ether oxygens (including phenoxy) is 1. The Hall–Kier alpha value is -2.71. The normalized spacial score (nSPS) is 12.3. The number of aryl methyl sites for hydroxylation is 4. The number of nitrogens with one attached hydrogen (secondary N) is 2. The Balaban J connectivity index is 1.94. The van der Waals surface area contributed by atoms with Crippen LogP contribution in [0.4, 0.5) is 5.69 Å². The van der Waals surface area contributed by atoms with Gasteiger partial charge in [-0.1, -0.05) is 29.8 Å². The van der Waals surface area contributed by atoms with Crippen LogP contribution in [0.5, 0.6) is 0 Å². The molecule has 0 aliphatic heterocycles. The topological polar surface area (TPSA) is 102 Å². The van der Waals surface area contributed by atoms with Gasteiger partial charge in [0.25, 0.3) is 5.91 Å². The molecule has 0 bridgehead atoms. The number of carbonyl (C=O) groups is 2. The minimum Gasteiger partial charge on any atom is -0.452 e. The molecule has 0 saturated heterocycles. The third-order valence-electron chi connectivity index (χ3n) is 4.36. The van der Waals surface area contributed by atoms with Gasteiger partial charge in [-0.25, -0.2) is 8.42 Å². The quantitative estimate of drug-likeness (QED) is 0.673. The van der Waals surface area contributed by atoms with E-state index < -0.39 is 34.5 Å². The first-order valence-electron chi connectivity index (χ1n) is 9.14. The van der Waals surface area contributed by atoms with Crippen LogP contribution in [0.15, 0.2) is 41.3 Å². The van der Waals surface area contributed by atoms with E-state index in [1.54, 1.807) is 32.0 Å². The molecule has 7 nitrogen and oxygen atoms in total. The van der Waals surface area contributed by atoms with Crippen molar-refractivity contribution in [2.45, 2.75) is 45.6 Å². The number of sulfonamides is 1. The second kappa shape index (κ2) is 9.19. The molecule has 0 unspecified atom stereocenters. The molecule has 0 saturated carbocycles. The van der Waals surface area contributed by atoms with E-state index in [-0.39, 0.29) is 4.90 Å². The smallest absolute Gasteiger partial charge is 0.321 e. The molecule has 0 heterocycles. The molecule has 2 aromatic rings. The van der Waals surface area contributed by atoms with Crippen LogP contribution in [0.2, 0.25) is 0 Å². The molecular formula is C21H26N2O5S. The van der Waals surface area contributed by atoms with E-state index in [0.717, 1.165) is 16.7 Å². The van der Waals surface area contributed by atoms with Crippen molar-refractivity contribution in [3.63, 3.8) is 0 Å². The number of benzene rings is 2. The summed E-state index contributed by atoms with van der Waals surface area (Å²) in [7, 11) is -3.87. The lowest BCUT2D eigenvalue weighted by molar-refractivity contribution is -0.151. The highest BCUT2D eigenvalue weighted by Gasteiger charge is 2.22. The molecule has 0 fully saturated rings. The molecule has 2 N–H and O–H groups in total. The summed E-state index contributed by atoms with van der Waals surface area (Å²) in [6, 6.07) is 10.6. The van der Waals surface area contributed by atoms with E-state index in [2.05, 4.69) is 10.0 Å². The summed E-state index contributed by atoms with van der Waals surface area (Å²) in [5, 5.41) is 2.70. The summed E-state index contributed by atoms with van der Waals surface area (Å²) in [6.45, 7) is 8.12. The molecule has 8 heteroatoms. The van der Waals surface area contributed by atoms with Gasteiger partial charge in [-0.2, -0.15) is 4.72 Å². The van der Waals surface area contributed by atoms with Crippen LogP contribution in [-0.4, -0.2) is 32.9 Å². The van der Waals surface area contributed by atoms with Gasteiger partial charge in [0.15, 0.2) is 6.10 Å². The van der Waals surface area contributed by atoms with Gasteiger partial charge in [0, 0.05) is 5.69 Å². The summed E-state index contributed by atoms with van der Waals surface area (Å²) in [4.78, 5) is 24.4. The fraction of sp³-hybridized carbons (Fsp3) is 0.333. The maximum atomic E-state index is 12.4. The monoisotopic (exact) mass is 418 g/mol. The van der Waals surface area contributed by atoms with Crippen molar-refractivity contribution >= 4 is 27.6 Å². The third-order valence-corrected chi connectivity index (χ3v) is 5.90. The number of carbonyl (C=O) groups excluding carboxylic acids is 2. The molecule has 1 amide bonds. The van der Waals surface area contributed by atoms with Gasteiger partial charge in [0.1, 0.15) is 6.54 Å². The Kier molecular flexibility index (Phi) is 7.16. The van der Waals surface area contributed by atoms with E-state index in [1.807, 2.05) is 26.0 Å². The summed E-state index contributed by atoms with van der Waals surface area (Å²) in [5.41, 5.74) is 3.93. The zero-order valence-corrected chi connectivity index (χ0v) is 18.0. The molecule has 0 radical (unpaired) electrons. The van der Waals surface area contributed by atoms with Crippen LogP contribution in [0.3, 0.4) is 0 Å². The summed E-state index contributed by atoms with van der Waals surface area (Å²) in [6.07, 6.45) is -1.08. The molecule has 156 valence electrons. The molecule has 0 aliphatic rings. The average Bonchev–Trinajstić information content (AvgIpc) is 2.64. The Morgan fingerprint density at radius 2 is 1.59 bits per heavy atom. The molecule has 1 atom stereocenters. The van der Waals surface area contributed by atoms with Crippen LogP contribution in [0, 0.1) is 27.7 Å². The third kappa shape index (κ3) is 6.13. The molecule has 2 aromatic carbocycles. The van der Waals surface area contributed by atoms with Crippen molar-refractivity contribution in [2.75, 3.05) is 11.9 Å². The fourth-order valence-electron chi connectivity index (χ4n) is 2.71. The first-order chi connectivity index (χ1) is 13.5. The van der Waals surface area contributed by atoms with E-state index in [9.17, 15) is 18.0 Å². The van der Waals surface area contributed by atoms with Crippen molar-refractivity contribution in [1.29, 1.82) is 0 Å². The number of rotatable bonds is 7. The Bertz CT molecular complexity index is 1030. The summed E-state index contributed by atoms with van der Waals surface area (Å²) < 4.78 is 32.1. The van der Waals surface area contributed by atoms with Gasteiger partial charge >= 0.3 is 5.97 Å². The highest BCUT2D eigenvalue weighted by Crippen LogP contribution is 2.17. The van der Waals surface area contributed by atoms with E-state index in [1.165, 1.54) is 13.0 Å². The van der Waals surface area contributed by atoms with Crippen LogP contribution in [0.25, 0.3) is 0 Å². The predicted octanol–water partition coefficient (Wildman–Crippen LogP) is 2.77. The maximum absolute atomic E-state index is 12.4. The minimum atomic E-state index is -3.87. The average molecular weight is 419 g/mol. The summed E-state index contributed by atoms with van der Waals surface area (Å²) in [5.74, 6) is -1.34. The molecular weight excluding hydrogens is 392 g/mol. The van der Waals surface area contributed by atoms with Crippen LogP contribution in [-0.2, 0) is 24.3 Å². The Morgan fingerprint density at radius 1 is 0.966 bits per heavy atom. The lowest BCUT2D eigenvalue weighted by Crippen LogP contribution is -2.36. The van der Waals surface area contributed by atoms with Gasteiger partial charge in [0.2, 0.25) is 10.0 Å². The molecule has 0 spiro atoms. The van der Waals surface area contributed by atoms with E-state index >= 15 is 0 Å². The first kappa shape index (κ1) is 22.6. The van der Waals surface area contributed by atoms with Crippen molar-refractivity contribution in [1.82, 2.24) is 4.72 Å².